The fourth-order valence-corrected chi connectivity index (χ4v) is 5.44. The molecule has 0 saturated heterocycles. The first-order valence-corrected chi connectivity index (χ1v) is 11.7. The second-order valence-corrected chi connectivity index (χ2v) is 10.3. The molecule has 1 amide bonds. The van der Waals surface area contributed by atoms with Crippen LogP contribution in [-0.4, -0.2) is 29.0 Å². The lowest BCUT2D eigenvalue weighted by molar-refractivity contribution is 0.0322. The molecule has 0 N–H and O–H groups in total. The largest absolute Gasteiger partial charge is 0.443 e. The lowest BCUT2D eigenvalue weighted by Crippen LogP contribution is -2.33. The molecule has 0 bridgehead atoms. The molecule has 0 aliphatic carbocycles. The Hall–Kier alpha value is -3.06. The number of fused-ring (bicyclic) bond motifs is 3. The third-order valence-electron chi connectivity index (χ3n) is 5.11. The van der Waals surface area contributed by atoms with Crippen LogP contribution in [0.5, 0.6) is 0 Å². The molecule has 0 spiro atoms. The number of amides is 1. The minimum absolute atomic E-state index is 0.235. The maximum Gasteiger partial charge on any atom is 0.414 e. The van der Waals surface area contributed by atoms with Gasteiger partial charge in [0.15, 0.2) is 0 Å². The van der Waals surface area contributed by atoms with E-state index in [0.29, 0.717) is 24.1 Å². The average molecular weight is 439 g/mol. The Kier molecular flexibility index (Phi) is 5.39. The van der Waals surface area contributed by atoms with Gasteiger partial charge >= 0.3 is 6.09 Å². The zero-order valence-corrected chi connectivity index (χ0v) is 18.7. The third-order valence-corrected chi connectivity index (χ3v) is 6.88. The molecule has 1 aliphatic rings. The highest BCUT2D eigenvalue weighted by atomic mass is 32.2. The molecule has 0 saturated carbocycles. The van der Waals surface area contributed by atoms with E-state index in [2.05, 4.69) is 0 Å². The molecule has 0 unspecified atom stereocenters. The molecule has 3 aromatic rings. The molecular formula is C24H26N2O4S. The van der Waals surface area contributed by atoms with Crippen LogP contribution >= 0.6 is 0 Å². The van der Waals surface area contributed by atoms with Gasteiger partial charge in [-0.1, -0.05) is 42.5 Å². The van der Waals surface area contributed by atoms with Crippen molar-refractivity contribution in [3.63, 3.8) is 0 Å². The quantitative estimate of drug-likeness (QED) is 0.560. The maximum atomic E-state index is 13.6. The van der Waals surface area contributed by atoms with Gasteiger partial charge in [0.2, 0.25) is 0 Å². The molecule has 1 aliphatic heterocycles. The van der Waals surface area contributed by atoms with Crippen molar-refractivity contribution in [3.05, 3.63) is 78.1 Å². The Labute approximate surface area is 182 Å². The number of hydrogen-bond acceptors (Lipinski definition) is 4. The number of allylic oxidation sites excluding steroid dienone is 1. The van der Waals surface area contributed by atoms with Crippen LogP contribution in [0.1, 0.15) is 38.4 Å². The number of aromatic nitrogens is 1. The van der Waals surface area contributed by atoms with E-state index in [-0.39, 0.29) is 11.4 Å². The summed E-state index contributed by atoms with van der Waals surface area (Å²) >= 11 is 0. The van der Waals surface area contributed by atoms with Crippen LogP contribution in [0.2, 0.25) is 0 Å². The van der Waals surface area contributed by atoms with Crippen molar-refractivity contribution in [3.8, 4) is 0 Å². The summed E-state index contributed by atoms with van der Waals surface area (Å²) in [4.78, 5) is 14.5. The number of benzene rings is 2. The van der Waals surface area contributed by atoms with Gasteiger partial charge in [0, 0.05) is 22.8 Å². The van der Waals surface area contributed by atoms with Crippen molar-refractivity contribution in [2.24, 2.45) is 0 Å². The lowest BCUT2D eigenvalue weighted by atomic mass is 10.1. The summed E-state index contributed by atoms with van der Waals surface area (Å²) in [5.74, 6) is 0. The molecular weight excluding hydrogens is 412 g/mol. The van der Waals surface area contributed by atoms with Crippen LogP contribution in [0.3, 0.4) is 0 Å². The van der Waals surface area contributed by atoms with Gasteiger partial charge < -0.3 is 4.74 Å². The highest BCUT2D eigenvalue weighted by Crippen LogP contribution is 2.33. The molecule has 2 aromatic carbocycles. The molecule has 7 heteroatoms. The molecule has 1 aromatic heterocycles. The predicted octanol–water partition coefficient (Wildman–Crippen LogP) is 5.08. The number of carbonyl (C=O) groups is 1. The summed E-state index contributed by atoms with van der Waals surface area (Å²) in [6.07, 6.45) is 4.31. The zero-order chi connectivity index (χ0) is 22.2. The van der Waals surface area contributed by atoms with Gasteiger partial charge in [-0.2, -0.15) is 0 Å². The standard InChI is InChI=1S/C24H26N2O4S/c1-24(2,3)30-23(27)25-16-10-9-15-22-20(17-25)19-13-7-8-14-21(19)26(22)31(28,29)18-11-5-4-6-12-18/h4-8,10-14,16H,9,15,17H2,1-3H3/b16-10-. The summed E-state index contributed by atoms with van der Waals surface area (Å²) in [6.45, 7) is 5.70. The number of para-hydroxylation sites is 1. The maximum absolute atomic E-state index is 13.6. The van der Waals surface area contributed by atoms with E-state index in [1.807, 2.05) is 51.1 Å². The Morgan fingerprint density at radius 1 is 1.00 bits per heavy atom. The third kappa shape index (κ3) is 4.10. The predicted molar refractivity (Wildman–Crippen MR) is 120 cm³/mol. The van der Waals surface area contributed by atoms with Crippen molar-refractivity contribution in [1.82, 2.24) is 8.87 Å². The molecule has 0 fully saturated rings. The summed E-state index contributed by atoms with van der Waals surface area (Å²) < 4.78 is 34.2. The molecule has 0 atom stereocenters. The van der Waals surface area contributed by atoms with E-state index >= 15 is 0 Å². The number of nitrogens with zero attached hydrogens (tertiary/aromatic N) is 2. The lowest BCUT2D eigenvalue weighted by Gasteiger charge is -2.26. The Balaban J connectivity index is 1.88. The van der Waals surface area contributed by atoms with Crippen molar-refractivity contribution in [2.75, 3.05) is 0 Å². The summed E-state index contributed by atoms with van der Waals surface area (Å²) in [5, 5.41) is 0.820. The number of rotatable bonds is 2. The van der Waals surface area contributed by atoms with E-state index in [4.69, 9.17) is 4.74 Å². The van der Waals surface area contributed by atoms with Crippen LogP contribution in [0.4, 0.5) is 4.79 Å². The second-order valence-electron chi connectivity index (χ2n) is 8.56. The van der Waals surface area contributed by atoms with Gasteiger partial charge in [-0.05, 0) is 51.8 Å². The second kappa shape index (κ2) is 7.89. The van der Waals surface area contributed by atoms with Crippen LogP contribution in [0.25, 0.3) is 10.9 Å². The molecule has 4 rings (SSSR count). The molecule has 31 heavy (non-hydrogen) atoms. The summed E-state index contributed by atoms with van der Waals surface area (Å²) in [5.41, 5.74) is 1.51. The van der Waals surface area contributed by atoms with E-state index < -0.39 is 21.7 Å². The fourth-order valence-electron chi connectivity index (χ4n) is 3.82. The summed E-state index contributed by atoms with van der Waals surface area (Å²) in [6, 6.07) is 15.9. The number of hydrogen-bond donors (Lipinski definition) is 0. The van der Waals surface area contributed by atoms with E-state index in [1.165, 1.54) is 8.87 Å². The minimum atomic E-state index is -3.80. The van der Waals surface area contributed by atoms with Crippen molar-refractivity contribution >= 4 is 27.0 Å². The molecule has 2 heterocycles. The van der Waals surface area contributed by atoms with Crippen LogP contribution in [0, 0.1) is 0 Å². The first kappa shape index (κ1) is 21.2. The SMILES string of the molecule is CC(C)(C)OC(=O)N1/C=C\CCc2c(c3ccccc3n2S(=O)(=O)c2ccccc2)C1. The fraction of sp³-hybridized carbons (Fsp3) is 0.292. The smallest absolute Gasteiger partial charge is 0.414 e. The van der Waals surface area contributed by atoms with Crippen molar-refractivity contribution in [1.29, 1.82) is 0 Å². The van der Waals surface area contributed by atoms with E-state index in [1.54, 1.807) is 36.5 Å². The van der Waals surface area contributed by atoms with Gasteiger partial charge in [-0.15, -0.1) is 0 Å². The highest BCUT2D eigenvalue weighted by molar-refractivity contribution is 7.90. The van der Waals surface area contributed by atoms with Crippen LogP contribution in [-0.2, 0) is 27.7 Å². The minimum Gasteiger partial charge on any atom is -0.443 e. The molecule has 0 radical (unpaired) electrons. The van der Waals surface area contributed by atoms with Gasteiger partial charge in [0.05, 0.1) is 17.0 Å². The topological polar surface area (TPSA) is 68.6 Å². The number of ether oxygens (including phenoxy) is 1. The van der Waals surface area contributed by atoms with Crippen molar-refractivity contribution in [2.45, 2.75) is 50.7 Å². The van der Waals surface area contributed by atoms with Gasteiger partial charge in [-0.3, -0.25) is 4.90 Å². The summed E-state index contributed by atoms with van der Waals surface area (Å²) in [7, 11) is -3.80. The molecule has 162 valence electrons. The van der Waals surface area contributed by atoms with Gasteiger partial charge in [-0.25, -0.2) is 17.2 Å². The first-order valence-electron chi connectivity index (χ1n) is 10.3. The van der Waals surface area contributed by atoms with E-state index in [0.717, 1.165) is 10.9 Å². The highest BCUT2D eigenvalue weighted by Gasteiger charge is 2.29. The Bertz CT molecular complexity index is 1250. The van der Waals surface area contributed by atoms with Crippen LogP contribution in [0.15, 0.2) is 71.8 Å². The Morgan fingerprint density at radius 3 is 2.39 bits per heavy atom. The average Bonchev–Trinajstić information content (AvgIpc) is 3.00. The zero-order valence-electron chi connectivity index (χ0n) is 17.9. The molecule has 6 nitrogen and oxygen atoms in total. The number of carbonyl (C=O) groups excluding carboxylic acids is 1. The van der Waals surface area contributed by atoms with Gasteiger partial charge in [0.1, 0.15) is 5.60 Å². The Morgan fingerprint density at radius 2 is 1.68 bits per heavy atom. The van der Waals surface area contributed by atoms with Gasteiger partial charge in [0.25, 0.3) is 10.0 Å². The van der Waals surface area contributed by atoms with Crippen LogP contribution < -0.4 is 0 Å². The van der Waals surface area contributed by atoms with Crippen molar-refractivity contribution < 1.29 is 17.9 Å². The first-order chi connectivity index (χ1) is 14.7. The van der Waals surface area contributed by atoms with E-state index in [9.17, 15) is 13.2 Å². The normalized spacial score (nSPS) is 15.8. The monoisotopic (exact) mass is 438 g/mol.